The molecule has 2 atom stereocenters. The summed E-state index contributed by atoms with van der Waals surface area (Å²) in [5.74, 6) is 1.16. The van der Waals surface area contributed by atoms with Crippen molar-refractivity contribution < 1.29 is 9.53 Å². The summed E-state index contributed by atoms with van der Waals surface area (Å²) in [5.41, 5.74) is 4.51. The average molecular weight is 451 g/mol. The van der Waals surface area contributed by atoms with Gasteiger partial charge in [0.25, 0.3) is 0 Å². The number of aromatic nitrogens is 1. The second kappa shape index (κ2) is 8.71. The number of nitrogens with zero attached hydrogens (tertiary/aromatic N) is 3. The van der Waals surface area contributed by atoms with Gasteiger partial charge in [-0.15, -0.1) is 11.3 Å². The molecular formula is C25H30N4O2S. The van der Waals surface area contributed by atoms with Crippen LogP contribution < -0.4 is 15.0 Å². The quantitative estimate of drug-likeness (QED) is 0.638. The number of anilines is 1. The van der Waals surface area contributed by atoms with E-state index in [-0.39, 0.29) is 17.9 Å². The molecule has 5 rings (SSSR count). The van der Waals surface area contributed by atoms with E-state index in [4.69, 9.17) is 9.72 Å². The van der Waals surface area contributed by atoms with Crippen LogP contribution >= 0.6 is 11.3 Å². The van der Waals surface area contributed by atoms with Crippen LogP contribution in [0.5, 0.6) is 5.75 Å². The smallest absolute Gasteiger partial charge is 0.220 e. The molecule has 7 heteroatoms. The van der Waals surface area contributed by atoms with Crippen molar-refractivity contribution in [3.63, 3.8) is 0 Å². The lowest BCUT2D eigenvalue weighted by atomic mass is 10.0. The van der Waals surface area contributed by atoms with Gasteiger partial charge in [-0.1, -0.05) is 12.1 Å². The first-order chi connectivity index (χ1) is 15.5. The zero-order valence-electron chi connectivity index (χ0n) is 18.9. The van der Waals surface area contributed by atoms with Gasteiger partial charge in [0.2, 0.25) is 5.91 Å². The van der Waals surface area contributed by atoms with Crippen LogP contribution in [0.4, 0.5) is 5.69 Å². The van der Waals surface area contributed by atoms with Crippen LogP contribution in [0.3, 0.4) is 0 Å². The van der Waals surface area contributed by atoms with E-state index in [0.717, 1.165) is 58.3 Å². The van der Waals surface area contributed by atoms with Crippen LogP contribution in [0.25, 0.3) is 21.3 Å². The average Bonchev–Trinajstić information content (AvgIpc) is 3.39. The minimum atomic E-state index is -0.0468. The number of hydrogen-bond donors (Lipinski definition) is 1. The van der Waals surface area contributed by atoms with Gasteiger partial charge in [-0.25, -0.2) is 4.98 Å². The van der Waals surface area contributed by atoms with Gasteiger partial charge in [0.05, 0.1) is 15.2 Å². The number of benzene rings is 2. The second-order valence-electron chi connectivity index (χ2n) is 8.98. The van der Waals surface area contributed by atoms with Crippen LogP contribution in [0.2, 0.25) is 0 Å². The van der Waals surface area contributed by atoms with Crippen LogP contribution in [0.15, 0.2) is 36.4 Å². The van der Waals surface area contributed by atoms with Gasteiger partial charge in [0.15, 0.2) is 0 Å². The van der Waals surface area contributed by atoms with E-state index in [0.29, 0.717) is 13.0 Å². The maximum absolute atomic E-state index is 11.6. The molecule has 1 aromatic heterocycles. The van der Waals surface area contributed by atoms with Gasteiger partial charge < -0.3 is 19.9 Å². The molecule has 168 valence electrons. The fourth-order valence-corrected chi connectivity index (χ4v) is 5.41. The number of carbonyl (C=O) groups excluding carboxylic acids is 1. The maximum Gasteiger partial charge on any atom is 0.220 e. The normalized spacial score (nSPS) is 20.5. The monoisotopic (exact) mass is 450 g/mol. The zero-order valence-corrected chi connectivity index (χ0v) is 19.7. The molecule has 32 heavy (non-hydrogen) atoms. The Bertz CT molecular complexity index is 1120. The molecule has 0 radical (unpaired) electrons. The number of thiazole rings is 1. The van der Waals surface area contributed by atoms with E-state index in [1.165, 1.54) is 5.69 Å². The third kappa shape index (κ3) is 4.32. The number of likely N-dealkylation sites (N-methyl/N-ethyl adjacent to an activating group) is 1. The Morgan fingerprint density at radius 2 is 1.88 bits per heavy atom. The molecule has 0 aliphatic carbocycles. The molecule has 1 N–H and O–H groups in total. The fraction of sp³-hybridized carbons (Fsp3) is 0.440. The van der Waals surface area contributed by atoms with Crippen molar-refractivity contribution in [2.75, 3.05) is 44.7 Å². The van der Waals surface area contributed by atoms with Gasteiger partial charge in [-0.3, -0.25) is 4.79 Å². The summed E-state index contributed by atoms with van der Waals surface area (Å²) in [6.07, 6.45) is 0.480. The molecule has 0 saturated carbocycles. The summed E-state index contributed by atoms with van der Waals surface area (Å²) in [6, 6.07) is 13.1. The minimum Gasteiger partial charge on any atom is -0.489 e. The molecule has 2 unspecified atom stereocenters. The number of piperazine rings is 1. The van der Waals surface area contributed by atoms with Gasteiger partial charge >= 0.3 is 0 Å². The topological polar surface area (TPSA) is 57.7 Å². The van der Waals surface area contributed by atoms with E-state index in [1.54, 1.807) is 11.3 Å². The molecule has 2 aliphatic heterocycles. The van der Waals surface area contributed by atoms with Gasteiger partial charge in [-0.05, 0) is 56.3 Å². The first-order valence-corrected chi connectivity index (χ1v) is 12.2. The molecule has 0 spiro atoms. The van der Waals surface area contributed by atoms with Crippen LogP contribution in [-0.2, 0) is 4.79 Å². The number of hydrogen-bond acceptors (Lipinski definition) is 6. The van der Waals surface area contributed by atoms with Crippen molar-refractivity contribution in [3.8, 4) is 16.9 Å². The number of rotatable bonds is 5. The third-order valence-electron chi connectivity index (χ3n) is 6.62. The van der Waals surface area contributed by atoms with E-state index < -0.39 is 0 Å². The van der Waals surface area contributed by atoms with E-state index >= 15 is 0 Å². The van der Waals surface area contributed by atoms with Crippen LogP contribution in [0, 0.1) is 12.8 Å². The lowest BCUT2D eigenvalue weighted by Gasteiger charge is -2.34. The van der Waals surface area contributed by atoms with Crippen molar-refractivity contribution >= 4 is 33.1 Å². The molecule has 1 amide bonds. The number of carbonyl (C=O) groups is 1. The van der Waals surface area contributed by atoms with Crippen molar-refractivity contribution in [2.45, 2.75) is 26.4 Å². The SMILES string of the molecule is Cc1nc2cc(-c3ccc(N4CCN(C)CC4)cc3)cc(OC(C)C3CNC(=O)C3)c2s1. The molecule has 2 aromatic carbocycles. The Kier molecular flexibility index (Phi) is 5.78. The molecule has 2 saturated heterocycles. The van der Waals surface area contributed by atoms with E-state index in [1.807, 2.05) is 6.92 Å². The standard InChI is InChI=1S/C25H30N4O2S/c1-16(20-14-24(30)26-15-20)31-23-13-19(12-22-25(23)32-17(2)27-22)18-4-6-21(7-5-18)29-10-8-28(3)9-11-29/h4-7,12-13,16,20H,8-11,14-15H2,1-3H3,(H,26,30). The molecule has 3 heterocycles. The third-order valence-corrected chi connectivity index (χ3v) is 7.62. The summed E-state index contributed by atoms with van der Waals surface area (Å²) >= 11 is 1.66. The Morgan fingerprint density at radius 1 is 1.12 bits per heavy atom. The van der Waals surface area contributed by atoms with Crippen molar-refractivity contribution in [3.05, 3.63) is 41.4 Å². The predicted molar refractivity (Wildman–Crippen MR) is 131 cm³/mol. The number of ether oxygens (including phenoxy) is 1. The van der Waals surface area contributed by atoms with Crippen molar-refractivity contribution in [1.82, 2.24) is 15.2 Å². The Hall–Kier alpha value is -2.64. The maximum atomic E-state index is 11.6. The number of amides is 1. The van der Waals surface area contributed by atoms with Gasteiger partial charge in [0, 0.05) is 50.7 Å². The highest BCUT2D eigenvalue weighted by Crippen LogP contribution is 2.37. The second-order valence-corrected chi connectivity index (χ2v) is 10.2. The molecule has 0 bridgehead atoms. The highest BCUT2D eigenvalue weighted by Gasteiger charge is 2.28. The molecule has 2 fully saturated rings. The molecule has 2 aliphatic rings. The number of aryl methyl sites for hydroxylation is 1. The lowest BCUT2D eigenvalue weighted by molar-refractivity contribution is -0.119. The number of nitrogens with one attached hydrogen (secondary N) is 1. The summed E-state index contributed by atoms with van der Waals surface area (Å²) in [4.78, 5) is 21.2. The van der Waals surface area contributed by atoms with Gasteiger partial charge in [0.1, 0.15) is 11.9 Å². The first-order valence-electron chi connectivity index (χ1n) is 11.3. The first kappa shape index (κ1) is 21.2. The Labute approximate surface area is 193 Å². The summed E-state index contributed by atoms with van der Waals surface area (Å²) in [6.45, 7) is 9.09. The fourth-order valence-electron chi connectivity index (χ4n) is 4.55. The molecule has 3 aromatic rings. The van der Waals surface area contributed by atoms with Crippen LogP contribution in [-0.4, -0.2) is 61.7 Å². The number of fused-ring (bicyclic) bond motifs is 1. The predicted octanol–water partition coefficient (Wildman–Crippen LogP) is 3.93. The largest absolute Gasteiger partial charge is 0.489 e. The van der Waals surface area contributed by atoms with Crippen molar-refractivity contribution in [2.24, 2.45) is 5.92 Å². The lowest BCUT2D eigenvalue weighted by Crippen LogP contribution is -2.44. The molecular weight excluding hydrogens is 420 g/mol. The van der Waals surface area contributed by atoms with E-state index in [9.17, 15) is 4.79 Å². The Balaban J connectivity index is 1.42. The zero-order chi connectivity index (χ0) is 22.2. The summed E-state index contributed by atoms with van der Waals surface area (Å²) in [7, 11) is 2.18. The Morgan fingerprint density at radius 3 is 2.56 bits per heavy atom. The molecule has 6 nitrogen and oxygen atoms in total. The highest BCUT2D eigenvalue weighted by atomic mass is 32.1. The van der Waals surface area contributed by atoms with Gasteiger partial charge in [-0.2, -0.15) is 0 Å². The minimum absolute atomic E-state index is 0.0468. The van der Waals surface area contributed by atoms with Crippen molar-refractivity contribution in [1.29, 1.82) is 0 Å². The van der Waals surface area contributed by atoms with Crippen LogP contribution in [0.1, 0.15) is 18.4 Å². The highest BCUT2D eigenvalue weighted by molar-refractivity contribution is 7.18. The summed E-state index contributed by atoms with van der Waals surface area (Å²) < 4.78 is 7.50. The summed E-state index contributed by atoms with van der Waals surface area (Å²) in [5, 5.41) is 3.94. The van der Waals surface area contributed by atoms with E-state index in [2.05, 4.69) is 65.5 Å².